The number of imidazole rings is 1. The molecule has 11 heteroatoms. The minimum Gasteiger partial charge on any atom is -0.335 e. The molecule has 0 saturated heterocycles. The standard InChI is InChI=1S/C26H18FN9O/c27-21-20-18(12-31-22(21)15-7-16(9-29-8-15)32-26(37)14-1-2-14)35-36-24(20)25-33-19-11-30-10-17(23(19)34-25)13-3-5-28-6-4-13/h3-12,14H,1-2H2,(H,32,37)(H,33,34)(H,35,36). The number of nitrogens with zero attached hydrogens (tertiary/aromatic N) is 6. The minimum atomic E-state index is -0.568. The van der Waals surface area contributed by atoms with Gasteiger partial charge in [-0.3, -0.25) is 29.8 Å². The summed E-state index contributed by atoms with van der Waals surface area (Å²) in [6, 6.07) is 5.42. The van der Waals surface area contributed by atoms with Crippen LogP contribution in [0.2, 0.25) is 0 Å². The van der Waals surface area contributed by atoms with Crippen LogP contribution in [-0.4, -0.2) is 46.0 Å². The van der Waals surface area contributed by atoms with Crippen LogP contribution in [0.25, 0.3) is 55.8 Å². The van der Waals surface area contributed by atoms with Gasteiger partial charge in [0.25, 0.3) is 0 Å². The van der Waals surface area contributed by atoms with Crippen molar-refractivity contribution in [1.29, 1.82) is 0 Å². The Morgan fingerprint density at radius 1 is 1.00 bits per heavy atom. The predicted molar refractivity (Wildman–Crippen MR) is 135 cm³/mol. The molecule has 0 unspecified atom stereocenters. The van der Waals surface area contributed by atoms with Gasteiger partial charge in [-0.05, 0) is 36.6 Å². The predicted octanol–water partition coefficient (Wildman–Crippen LogP) is 4.51. The molecule has 3 N–H and O–H groups in total. The quantitative estimate of drug-likeness (QED) is 0.323. The summed E-state index contributed by atoms with van der Waals surface area (Å²) < 4.78 is 16.0. The topological polar surface area (TPSA) is 138 Å². The van der Waals surface area contributed by atoms with Crippen molar-refractivity contribution in [3.05, 3.63) is 67.4 Å². The fourth-order valence-electron chi connectivity index (χ4n) is 4.37. The van der Waals surface area contributed by atoms with Gasteiger partial charge in [0.1, 0.15) is 16.9 Å². The molecule has 180 valence electrons. The number of halogens is 1. The number of rotatable bonds is 5. The summed E-state index contributed by atoms with van der Waals surface area (Å²) in [5.74, 6) is -0.158. The third-order valence-corrected chi connectivity index (χ3v) is 6.39. The molecule has 1 aliphatic rings. The molecule has 0 bridgehead atoms. The molecule has 37 heavy (non-hydrogen) atoms. The summed E-state index contributed by atoms with van der Waals surface area (Å²) in [6.45, 7) is 0. The molecule has 0 aromatic carbocycles. The van der Waals surface area contributed by atoms with Gasteiger partial charge in [0, 0.05) is 41.8 Å². The SMILES string of the molecule is O=C(Nc1cncc(-c2ncc3n[nH]c(-c4nc5c(-c6ccncc6)cncc5[nH]4)c3c2F)c1)C1CC1. The highest BCUT2D eigenvalue weighted by Gasteiger charge is 2.29. The normalized spacial score (nSPS) is 13.3. The van der Waals surface area contributed by atoms with Crippen LogP contribution in [0.3, 0.4) is 0 Å². The lowest BCUT2D eigenvalue weighted by Gasteiger charge is -2.07. The van der Waals surface area contributed by atoms with E-state index in [-0.39, 0.29) is 22.9 Å². The lowest BCUT2D eigenvalue weighted by Crippen LogP contribution is -2.13. The number of fused-ring (bicyclic) bond motifs is 2. The number of aromatic amines is 2. The van der Waals surface area contributed by atoms with Crippen molar-refractivity contribution in [2.24, 2.45) is 5.92 Å². The number of hydrogen-bond acceptors (Lipinski definition) is 7. The summed E-state index contributed by atoms with van der Waals surface area (Å²) in [5, 5.41) is 10.2. The van der Waals surface area contributed by atoms with E-state index in [4.69, 9.17) is 4.98 Å². The lowest BCUT2D eigenvalue weighted by atomic mass is 10.1. The number of carbonyl (C=O) groups excluding carboxylic acids is 1. The average Bonchev–Trinajstić information content (AvgIpc) is 3.54. The Balaban J connectivity index is 1.32. The van der Waals surface area contributed by atoms with Crippen molar-refractivity contribution in [1.82, 2.24) is 40.1 Å². The van der Waals surface area contributed by atoms with Crippen molar-refractivity contribution >= 4 is 33.5 Å². The van der Waals surface area contributed by atoms with Gasteiger partial charge in [-0.15, -0.1) is 0 Å². The number of hydrogen-bond donors (Lipinski definition) is 3. The van der Waals surface area contributed by atoms with Gasteiger partial charge in [0.05, 0.1) is 40.7 Å². The molecule has 1 aliphatic carbocycles. The zero-order chi connectivity index (χ0) is 24.9. The second-order valence-electron chi connectivity index (χ2n) is 8.91. The number of carbonyl (C=O) groups is 1. The van der Waals surface area contributed by atoms with Crippen LogP contribution in [0.1, 0.15) is 12.8 Å². The average molecular weight is 491 g/mol. The maximum Gasteiger partial charge on any atom is 0.227 e. The van der Waals surface area contributed by atoms with Crippen LogP contribution in [-0.2, 0) is 4.79 Å². The first-order chi connectivity index (χ1) is 18.2. The number of aromatic nitrogens is 8. The van der Waals surface area contributed by atoms with E-state index in [1.807, 2.05) is 12.1 Å². The fourth-order valence-corrected chi connectivity index (χ4v) is 4.37. The van der Waals surface area contributed by atoms with Gasteiger partial charge in [-0.25, -0.2) is 9.37 Å². The molecule has 1 fully saturated rings. The zero-order valence-electron chi connectivity index (χ0n) is 19.2. The second-order valence-corrected chi connectivity index (χ2v) is 8.91. The van der Waals surface area contributed by atoms with Crippen molar-refractivity contribution in [3.8, 4) is 33.9 Å². The summed E-state index contributed by atoms with van der Waals surface area (Å²) in [5.41, 5.74) is 4.91. The Kier molecular flexibility index (Phi) is 4.74. The first kappa shape index (κ1) is 21.2. The highest BCUT2D eigenvalue weighted by atomic mass is 19.1. The highest BCUT2D eigenvalue weighted by Crippen LogP contribution is 2.35. The maximum absolute atomic E-state index is 16.0. The number of amides is 1. The van der Waals surface area contributed by atoms with E-state index in [9.17, 15) is 4.79 Å². The minimum absolute atomic E-state index is 0.0430. The largest absolute Gasteiger partial charge is 0.335 e. The monoisotopic (exact) mass is 491 g/mol. The number of H-pyrrole nitrogens is 2. The van der Waals surface area contributed by atoms with E-state index in [2.05, 4.69) is 40.4 Å². The maximum atomic E-state index is 16.0. The Hall–Kier alpha value is -5.06. The van der Waals surface area contributed by atoms with Crippen LogP contribution in [0, 0.1) is 11.7 Å². The third-order valence-electron chi connectivity index (χ3n) is 6.39. The van der Waals surface area contributed by atoms with Crippen LogP contribution < -0.4 is 5.32 Å². The van der Waals surface area contributed by atoms with E-state index in [0.717, 1.165) is 24.0 Å². The lowest BCUT2D eigenvalue weighted by molar-refractivity contribution is -0.117. The highest BCUT2D eigenvalue weighted by molar-refractivity contribution is 5.98. The van der Waals surface area contributed by atoms with Gasteiger partial charge >= 0.3 is 0 Å². The van der Waals surface area contributed by atoms with Gasteiger partial charge < -0.3 is 10.3 Å². The molecule has 6 aromatic rings. The molecule has 6 heterocycles. The van der Waals surface area contributed by atoms with Crippen LogP contribution in [0.5, 0.6) is 0 Å². The fraction of sp³-hybridized carbons (Fsp3) is 0.115. The van der Waals surface area contributed by atoms with Crippen molar-refractivity contribution in [2.75, 3.05) is 5.32 Å². The molecule has 7 rings (SSSR count). The van der Waals surface area contributed by atoms with Crippen molar-refractivity contribution in [3.63, 3.8) is 0 Å². The molecule has 1 saturated carbocycles. The second kappa shape index (κ2) is 8.26. The van der Waals surface area contributed by atoms with Crippen molar-refractivity contribution < 1.29 is 9.18 Å². The Bertz CT molecular complexity index is 1810. The molecule has 1 amide bonds. The van der Waals surface area contributed by atoms with Crippen LogP contribution in [0.15, 0.2) is 61.6 Å². The summed E-state index contributed by atoms with van der Waals surface area (Å²) >= 11 is 0. The first-order valence-electron chi connectivity index (χ1n) is 11.7. The van der Waals surface area contributed by atoms with Gasteiger partial charge in [-0.1, -0.05) is 0 Å². The molecule has 6 aromatic heterocycles. The first-order valence-corrected chi connectivity index (χ1v) is 11.7. The smallest absolute Gasteiger partial charge is 0.227 e. The number of pyridine rings is 4. The summed E-state index contributed by atoms with van der Waals surface area (Å²) in [6.07, 6.45) is 13.1. The number of anilines is 1. The van der Waals surface area contributed by atoms with E-state index in [1.54, 1.807) is 30.9 Å². The van der Waals surface area contributed by atoms with Crippen molar-refractivity contribution in [2.45, 2.75) is 12.8 Å². The Morgan fingerprint density at radius 2 is 1.84 bits per heavy atom. The Labute approximate surface area is 208 Å². The summed E-state index contributed by atoms with van der Waals surface area (Å²) in [7, 11) is 0. The molecule has 0 spiro atoms. The molecular weight excluding hydrogens is 473 g/mol. The Morgan fingerprint density at radius 3 is 2.68 bits per heavy atom. The van der Waals surface area contributed by atoms with Crippen LogP contribution in [0.4, 0.5) is 10.1 Å². The number of nitrogens with one attached hydrogen (secondary N) is 3. The molecule has 0 radical (unpaired) electrons. The van der Waals surface area contributed by atoms with Gasteiger partial charge in [0.2, 0.25) is 5.91 Å². The third kappa shape index (κ3) is 3.68. The zero-order valence-corrected chi connectivity index (χ0v) is 19.2. The molecule has 0 atom stereocenters. The van der Waals surface area contributed by atoms with Crippen LogP contribution >= 0.6 is 0 Å². The van der Waals surface area contributed by atoms with E-state index in [1.165, 1.54) is 18.6 Å². The summed E-state index contributed by atoms with van der Waals surface area (Å²) in [4.78, 5) is 37.0. The van der Waals surface area contributed by atoms with Gasteiger partial charge in [-0.2, -0.15) is 5.10 Å². The van der Waals surface area contributed by atoms with E-state index >= 15 is 4.39 Å². The van der Waals surface area contributed by atoms with Gasteiger partial charge in [0.15, 0.2) is 11.6 Å². The van der Waals surface area contributed by atoms with E-state index in [0.29, 0.717) is 39.3 Å². The molecule has 10 nitrogen and oxygen atoms in total. The molecule has 0 aliphatic heterocycles. The molecular formula is C26H18FN9O. The van der Waals surface area contributed by atoms with E-state index < -0.39 is 5.82 Å².